The first-order valence-electron chi connectivity index (χ1n) is 8.11. The summed E-state index contributed by atoms with van der Waals surface area (Å²) in [6.07, 6.45) is 1.02. The van der Waals surface area contributed by atoms with Crippen molar-refractivity contribution in [2.75, 3.05) is 29.0 Å². The van der Waals surface area contributed by atoms with Crippen molar-refractivity contribution >= 4 is 33.2 Å². The number of nitrogens with zero attached hydrogens (tertiary/aromatic N) is 1. The number of hydrogen-bond acceptors (Lipinski definition) is 5. The smallest absolute Gasteiger partial charge is 0.248 e. The lowest BCUT2D eigenvalue weighted by atomic mass is 10.2. The molecule has 0 aliphatic carbocycles. The van der Waals surface area contributed by atoms with Gasteiger partial charge in [-0.2, -0.15) is 0 Å². The number of rotatable bonds is 8. The van der Waals surface area contributed by atoms with Crippen LogP contribution in [0.5, 0.6) is 5.75 Å². The second kappa shape index (κ2) is 8.54. The molecule has 2 aromatic carbocycles. The summed E-state index contributed by atoms with van der Waals surface area (Å²) in [5, 5.41) is 2.59. The molecule has 2 amide bonds. The largest absolute Gasteiger partial charge is 0.492 e. The van der Waals surface area contributed by atoms with E-state index in [0.717, 1.165) is 10.6 Å². The Morgan fingerprint density at radius 2 is 1.74 bits per heavy atom. The maximum atomic E-state index is 12.4. The lowest BCUT2D eigenvalue weighted by Crippen LogP contribution is -2.37. The topological polar surface area (TPSA) is 119 Å². The Balaban J connectivity index is 2.22. The van der Waals surface area contributed by atoms with Gasteiger partial charge in [0.15, 0.2) is 0 Å². The van der Waals surface area contributed by atoms with Crippen molar-refractivity contribution in [2.24, 2.45) is 5.73 Å². The number of carbonyl (C=O) groups is 2. The lowest BCUT2D eigenvalue weighted by molar-refractivity contribution is -0.114. The third-order valence-electron chi connectivity index (χ3n) is 3.57. The summed E-state index contributed by atoms with van der Waals surface area (Å²) >= 11 is 0. The van der Waals surface area contributed by atoms with E-state index in [1.807, 2.05) is 0 Å². The monoisotopic (exact) mass is 391 g/mol. The van der Waals surface area contributed by atoms with Gasteiger partial charge < -0.3 is 15.8 Å². The highest BCUT2D eigenvalue weighted by atomic mass is 32.2. The van der Waals surface area contributed by atoms with Crippen molar-refractivity contribution in [1.82, 2.24) is 0 Å². The number of hydrogen-bond donors (Lipinski definition) is 2. The predicted molar refractivity (Wildman–Crippen MR) is 103 cm³/mol. The molecule has 144 valence electrons. The van der Waals surface area contributed by atoms with Gasteiger partial charge in [0.25, 0.3) is 0 Å². The number of nitrogens with two attached hydrogens (primary N) is 1. The van der Waals surface area contributed by atoms with Crippen LogP contribution in [0.2, 0.25) is 0 Å². The number of nitrogens with one attached hydrogen (secondary N) is 1. The molecule has 0 aromatic heterocycles. The third kappa shape index (κ3) is 5.45. The quantitative estimate of drug-likeness (QED) is 0.708. The zero-order chi connectivity index (χ0) is 20.0. The Morgan fingerprint density at radius 1 is 1.11 bits per heavy atom. The van der Waals surface area contributed by atoms with Crippen molar-refractivity contribution in [3.8, 4) is 5.75 Å². The van der Waals surface area contributed by atoms with Crippen LogP contribution in [0, 0.1) is 0 Å². The summed E-state index contributed by atoms with van der Waals surface area (Å²) < 4.78 is 30.9. The molecular weight excluding hydrogens is 370 g/mol. The standard InChI is InChI=1S/C18H21N3O5S/c1-3-26-16-7-5-4-6-15(16)21(27(2,24)25)12-17(22)20-14-10-8-13(9-11-14)18(19)23/h4-11H,3,12H2,1-2H3,(H2,19,23)(H,20,22). The van der Waals surface area contributed by atoms with Crippen LogP contribution in [-0.4, -0.2) is 39.6 Å². The number of sulfonamides is 1. The van der Waals surface area contributed by atoms with Crippen LogP contribution in [0.3, 0.4) is 0 Å². The van der Waals surface area contributed by atoms with Gasteiger partial charge in [-0.15, -0.1) is 0 Å². The van der Waals surface area contributed by atoms with Gasteiger partial charge >= 0.3 is 0 Å². The van der Waals surface area contributed by atoms with Crippen molar-refractivity contribution in [3.05, 3.63) is 54.1 Å². The lowest BCUT2D eigenvalue weighted by Gasteiger charge is -2.24. The molecule has 3 N–H and O–H groups in total. The van der Waals surface area contributed by atoms with E-state index in [2.05, 4.69) is 5.32 Å². The first kappa shape index (κ1) is 20.2. The number of ether oxygens (including phenoxy) is 1. The average Bonchev–Trinajstić information content (AvgIpc) is 2.60. The molecule has 9 heteroatoms. The average molecular weight is 391 g/mol. The molecule has 0 aliphatic rings. The highest BCUT2D eigenvalue weighted by molar-refractivity contribution is 7.92. The summed E-state index contributed by atoms with van der Waals surface area (Å²) in [6.45, 7) is 1.71. The Morgan fingerprint density at radius 3 is 2.30 bits per heavy atom. The molecule has 0 atom stereocenters. The fourth-order valence-corrected chi connectivity index (χ4v) is 3.23. The van der Waals surface area contributed by atoms with E-state index in [4.69, 9.17) is 10.5 Å². The molecule has 0 bridgehead atoms. The zero-order valence-corrected chi connectivity index (χ0v) is 15.8. The van der Waals surface area contributed by atoms with E-state index in [1.165, 1.54) is 24.3 Å². The van der Waals surface area contributed by atoms with Gasteiger partial charge in [0.2, 0.25) is 21.8 Å². The van der Waals surface area contributed by atoms with E-state index < -0.39 is 28.4 Å². The molecule has 0 fully saturated rings. The van der Waals surface area contributed by atoms with E-state index in [-0.39, 0.29) is 5.69 Å². The van der Waals surface area contributed by atoms with E-state index >= 15 is 0 Å². The van der Waals surface area contributed by atoms with Crippen LogP contribution in [0.4, 0.5) is 11.4 Å². The first-order chi connectivity index (χ1) is 12.7. The third-order valence-corrected chi connectivity index (χ3v) is 4.70. The van der Waals surface area contributed by atoms with E-state index in [9.17, 15) is 18.0 Å². The first-order valence-corrected chi connectivity index (χ1v) is 9.96. The van der Waals surface area contributed by atoms with Crippen molar-refractivity contribution < 1.29 is 22.7 Å². The number of amides is 2. The summed E-state index contributed by atoms with van der Waals surface area (Å²) in [7, 11) is -3.73. The number of carbonyl (C=O) groups excluding carboxylic acids is 2. The molecule has 0 saturated carbocycles. The van der Waals surface area contributed by atoms with Gasteiger partial charge in [-0.25, -0.2) is 8.42 Å². The normalized spacial score (nSPS) is 10.9. The molecule has 27 heavy (non-hydrogen) atoms. The van der Waals surface area contributed by atoms with Crippen LogP contribution in [0.1, 0.15) is 17.3 Å². The van der Waals surface area contributed by atoms with Crippen LogP contribution in [0.25, 0.3) is 0 Å². The predicted octanol–water partition coefficient (Wildman–Crippen LogP) is 1.59. The fourth-order valence-electron chi connectivity index (χ4n) is 2.37. The minimum atomic E-state index is -3.73. The number of primary amides is 1. The SMILES string of the molecule is CCOc1ccccc1N(CC(=O)Nc1ccc(C(N)=O)cc1)S(C)(=O)=O. The molecular formula is C18H21N3O5S. The Bertz CT molecular complexity index is 926. The van der Waals surface area contributed by atoms with E-state index in [1.54, 1.807) is 31.2 Å². The molecule has 0 unspecified atom stereocenters. The maximum absolute atomic E-state index is 12.4. The minimum absolute atomic E-state index is 0.279. The van der Waals surface area contributed by atoms with Crippen molar-refractivity contribution in [1.29, 1.82) is 0 Å². The maximum Gasteiger partial charge on any atom is 0.248 e. The zero-order valence-electron chi connectivity index (χ0n) is 15.0. The number of anilines is 2. The molecule has 0 spiro atoms. The van der Waals surface area contributed by atoms with Crippen molar-refractivity contribution in [2.45, 2.75) is 6.92 Å². The van der Waals surface area contributed by atoms with Crippen LogP contribution in [-0.2, 0) is 14.8 Å². The summed E-state index contributed by atoms with van der Waals surface area (Å²) in [5.74, 6) is -0.758. The van der Waals surface area contributed by atoms with Crippen molar-refractivity contribution in [3.63, 3.8) is 0 Å². The minimum Gasteiger partial charge on any atom is -0.492 e. The van der Waals surface area contributed by atoms with Crippen LogP contribution in [0.15, 0.2) is 48.5 Å². The Labute approximate surface area is 158 Å². The van der Waals surface area contributed by atoms with Crippen LogP contribution >= 0.6 is 0 Å². The van der Waals surface area contributed by atoms with Gasteiger partial charge in [-0.3, -0.25) is 13.9 Å². The summed E-state index contributed by atoms with van der Waals surface area (Å²) in [6, 6.07) is 12.5. The Hall–Kier alpha value is -3.07. The Kier molecular flexibility index (Phi) is 6.40. The van der Waals surface area contributed by atoms with Crippen LogP contribution < -0.4 is 20.1 Å². The second-order valence-electron chi connectivity index (χ2n) is 5.66. The summed E-state index contributed by atoms with van der Waals surface area (Å²) in [5.41, 5.74) is 6.16. The second-order valence-corrected chi connectivity index (χ2v) is 7.57. The molecule has 0 radical (unpaired) electrons. The molecule has 0 saturated heterocycles. The number of para-hydroxylation sites is 2. The van der Waals surface area contributed by atoms with Gasteiger partial charge in [0.05, 0.1) is 18.6 Å². The molecule has 2 aromatic rings. The van der Waals surface area contributed by atoms with Gasteiger partial charge in [0.1, 0.15) is 12.3 Å². The number of benzene rings is 2. The molecule has 2 rings (SSSR count). The highest BCUT2D eigenvalue weighted by Crippen LogP contribution is 2.29. The highest BCUT2D eigenvalue weighted by Gasteiger charge is 2.24. The van der Waals surface area contributed by atoms with Gasteiger partial charge in [0, 0.05) is 11.3 Å². The fraction of sp³-hybridized carbons (Fsp3) is 0.222. The molecule has 0 heterocycles. The van der Waals surface area contributed by atoms with E-state index in [0.29, 0.717) is 23.6 Å². The molecule has 0 aliphatic heterocycles. The van der Waals surface area contributed by atoms with Gasteiger partial charge in [-0.1, -0.05) is 12.1 Å². The summed E-state index contributed by atoms with van der Waals surface area (Å²) in [4.78, 5) is 23.5. The van der Waals surface area contributed by atoms with Gasteiger partial charge in [-0.05, 0) is 43.3 Å². The molecule has 8 nitrogen and oxygen atoms in total.